The molecule has 62 valence electrons. The topological polar surface area (TPSA) is 47.6 Å². The van der Waals surface area contributed by atoms with Crippen molar-refractivity contribution in [2.75, 3.05) is 0 Å². The number of nitriles is 2. The molecule has 2 heteroatoms. The maximum atomic E-state index is 8.73. The zero-order chi connectivity index (χ0) is 9.68. The fourth-order valence-electron chi connectivity index (χ4n) is 0.997. The van der Waals surface area contributed by atoms with Crippen molar-refractivity contribution in [3.63, 3.8) is 0 Å². The Labute approximate surface area is 77.4 Å². The molecule has 0 bridgehead atoms. The van der Waals surface area contributed by atoms with Gasteiger partial charge >= 0.3 is 0 Å². The second kappa shape index (κ2) is 4.09. The molecular weight excluding hydrogens is 160 g/mol. The highest BCUT2D eigenvalue weighted by Crippen LogP contribution is 2.10. The number of aryl methyl sites for hydroxylation is 1. The van der Waals surface area contributed by atoms with Crippen molar-refractivity contribution in [2.24, 2.45) is 0 Å². The minimum atomic E-state index is 0.653. The highest BCUT2D eigenvalue weighted by molar-refractivity contribution is 5.55. The first-order valence-electron chi connectivity index (χ1n) is 3.85. The van der Waals surface area contributed by atoms with Gasteiger partial charge in [0.2, 0.25) is 0 Å². The maximum Gasteiger partial charge on any atom is 0.0994 e. The van der Waals surface area contributed by atoms with Crippen molar-refractivity contribution >= 4 is 6.08 Å². The van der Waals surface area contributed by atoms with Crippen molar-refractivity contribution in [2.45, 2.75) is 6.92 Å². The first kappa shape index (κ1) is 9.03. The highest BCUT2D eigenvalue weighted by Gasteiger charge is 1.96. The number of hydrogen-bond donors (Lipinski definition) is 0. The number of rotatable bonds is 1. The molecule has 2 nitrogen and oxygen atoms in total. The van der Waals surface area contributed by atoms with Crippen LogP contribution in [0.15, 0.2) is 24.3 Å². The first-order valence-corrected chi connectivity index (χ1v) is 3.85. The third kappa shape index (κ3) is 2.18. The van der Waals surface area contributed by atoms with Gasteiger partial charge in [-0.15, -0.1) is 0 Å². The van der Waals surface area contributed by atoms with Crippen LogP contribution in [0, 0.1) is 29.6 Å². The molecule has 1 aromatic rings. The monoisotopic (exact) mass is 168 g/mol. The van der Waals surface area contributed by atoms with Gasteiger partial charge in [-0.05, 0) is 30.2 Å². The highest BCUT2D eigenvalue weighted by atomic mass is 14.2. The third-order valence-corrected chi connectivity index (χ3v) is 1.73. The van der Waals surface area contributed by atoms with E-state index in [0.29, 0.717) is 5.56 Å². The lowest BCUT2D eigenvalue weighted by Gasteiger charge is -1.97. The summed E-state index contributed by atoms with van der Waals surface area (Å²) in [5.74, 6) is 0. The van der Waals surface area contributed by atoms with Crippen molar-refractivity contribution < 1.29 is 0 Å². The van der Waals surface area contributed by atoms with Gasteiger partial charge in [0, 0.05) is 6.08 Å². The largest absolute Gasteiger partial charge is 0.193 e. The summed E-state index contributed by atoms with van der Waals surface area (Å²) in [6, 6.07) is 9.52. The number of allylic oxidation sites excluding steroid dienone is 1. The summed E-state index contributed by atoms with van der Waals surface area (Å²) in [5.41, 5.74) is 2.49. The lowest BCUT2D eigenvalue weighted by atomic mass is 10.1. The van der Waals surface area contributed by atoms with Crippen LogP contribution in [0.3, 0.4) is 0 Å². The fraction of sp³-hybridized carbons (Fsp3) is 0.0909. The Bertz CT molecular complexity index is 417. The average Bonchev–Trinajstić information content (AvgIpc) is 2.16. The Kier molecular flexibility index (Phi) is 2.84. The summed E-state index contributed by atoms with van der Waals surface area (Å²) >= 11 is 0. The van der Waals surface area contributed by atoms with Gasteiger partial charge in [-0.3, -0.25) is 0 Å². The van der Waals surface area contributed by atoms with Crippen molar-refractivity contribution in [1.82, 2.24) is 0 Å². The second-order valence-corrected chi connectivity index (χ2v) is 2.65. The second-order valence-electron chi connectivity index (χ2n) is 2.65. The van der Waals surface area contributed by atoms with Crippen molar-refractivity contribution in [1.29, 1.82) is 10.5 Å². The van der Waals surface area contributed by atoms with Crippen molar-refractivity contribution in [3.8, 4) is 12.1 Å². The van der Waals surface area contributed by atoms with Gasteiger partial charge in [0.1, 0.15) is 0 Å². The molecule has 0 aromatic heterocycles. The lowest BCUT2D eigenvalue weighted by molar-refractivity contribution is 1.39. The predicted octanol–water partition coefficient (Wildman–Crippen LogP) is 2.40. The van der Waals surface area contributed by atoms with Crippen LogP contribution in [-0.4, -0.2) is 0 Å². The van der Waals surface area contributed by atoms with Gasteiger partial charge in [0.05, 0.1) is 17.7 Å². The van der Waals surface area contributed by atoms with E-state index in [0.717, 1.165) is 11.1 Å². The molecule has 0 saturated carbocycles. The summed E-state index contributed by atoms with van der Waals surface area (Å²) in [6.45, 7) is 1.89. The van der Waals surface area contributed by atoms with Gasteiger partial charge in [0.15, 0.2) is 0 Å². The molecule has 0 saturated heterocycles. The van der Waals surface area contributed by atoms with Crippen LogP contribution in [-0.2, 0) is 0 Å². The average molecular weight is 168 g/mol. The summed E-state index contributed by atoms with van der Waals surface area (Å²) in [4.78, 5) is 0. The first-order chi connectivity index (χ1) is 6.27. The van der Waals surface area contributed by atoms with Crippen LogP contribution < -0.4 is 0 Å². The van der Waals surface area contributed by atoms with E-state index in [9.17, 15) is 0 Å². The minimum absolute atomic E-state index is 0.653. The number of benzene rings is 1. The molecule has 0 amide bonds. The predicted molar refractivity (Wildman–Crippen MR) is 50.5 cm³/mol. The van der Waals surface area contributed by atoms with E-state index in [1.165, 1.54) is 6.08 Å². The lowest BCUT2D eigenvalue weighted by Crippen LogP contribution is -1.82. The van der Waals surface area contributed by atoms with E-state index in [-0.39, 0.29) is 0 Å². The van der Waals surface area contributed by atoms with E-state index < -0.39 is 0 Å². The van der Waals surface area contributed by atoms with Crippen LogP contribution in [0.5, 0.6) is 0 Å². The molecule has 1 aromatic carbocycles. The zero-order valence-corrected chi connectivity index (χ0v) is 7.28. The van der Waals surface area contributed by atoms with Crippen LogP contribution in [0.25, 0.3) is 6.08 Å². The minimum Gasteiger partial charge on any atom is -0.193 e. The third-order valence-electron chi connectivity index (χ3n) is 1.73. The summed E-state index contributed by atoms with van der Waals surface area (Å²) < 4.78 is 0. The molecule has 0 aliphatic heterocycles. The SMILES string of the molecule is Cc1ccc(C=CC#N)cc1C#N. The van der Waals surface area contributed by atoms with Gasteiger partial charge in [-0.1, -0.05) is 12.1 Å². The molecule has 13 heavy (non-hydrogen) atoms. The fourth-order valence-corrected chi connectivity index (χ4v) is 0.997. The molecule has 0 aliphatic rings. The molecule has 0 atom stereocenters. The molecule has 0 fully saturated rings. The Hall–Kier alpha value is -2.06. The van der Waals surface area contributed by atoms with Crippen LogP contribution >= 0.6 is 0 Å². The normalized spacial score (nSPS) is 9.46. The Morgan fingerprint density at radius 1 is 1.31 bits per heavy atom. The molecule has 1 rings (SSSR count). The summed E-state index contributed by atoms with van der Waals surface area (Å²) in [5, 5.41) is 17.0. The van der Waals surface area contributed by atoms with E-state index in [1.54, 1.807) is 12.1 Å². The molecular formula is C11H8N2. The number of hydrogen-bond acceptors (Lipinski definition) is 2. The molecule has 0 radical (unpaired) electrons. The standard InChI is InChI=1S/C11H8N2/c1-9-4-5-10(3-2-6-12)7-11(9)8-13/h2-5,7H,1H3. The van der Waals surface area contributed by atoms with E-state index in [4.69, 9.17) is 10.5 Å². The molecule has 0 heterocycles. The number of nitrogens with zero attached hydrogens (tertiary/aromatic N) is 2. The van der Waals surface area contributed by atoms with Gasteiger partial charge < -0.3 is 0 Å². The van der Waals surface area contributed by atoms with Gasteiger partial charge in [-0.2, -0.15) is 10.5 Å². The summed E-state index contributed by atoms with van der Waals surface area (Å²) in [7, 11) is 0. The zero-order valence-electron chi connectivity index (χ0n) is 7.28. The summed E-state index contributed by atoms with van der Waals surface area (Å²) in [6.07, 6.45) is 3.08. The van der Waals surface area contributed by atoms with Crippen LogP contribution in [0.1, 0.15) is 16.7 Å². The van der Waals surface area contributed by atoms with Crippen LogP contribution in [0.2, 0.25) is 0 Å². The van der Waals surface area contributed by atoms with Gasteiger partial charge in [0.25, 0.3) is 0 Å². The smallest absolute Gasteiger partial charge is 0.0994 e. The molecule has 0 N–H and O–H groups in total. The Balaban J connectivity index is 3.10. The molecule has 0 unspecified atom stereocenters. The van der Waals surface area contributed by atoms with Gasteiger partial charge in [-0.25, -0.2) is 0 Å². The molecule has 0 aliphatic carbocycles. The van der Waals surface area contributed by atoms with Crippen molar-refractivity contribution in [3.05, 3.63) is 41.0 Å². The van der Waals surface area contributed by atoms with Crippen LogP contribution in [0.4, 0.5) is 0 Å². The van der Waals surface area contributed by atoms with E-state index in [1.807, 2.05) is 25.1 Å². The quantitative estimate of drug-likeness (QED) is 0.604. The Morgan fingerprint density at radius 2 is 2.08 bits per heavy atom. The van der Waals surface area contributed by atoms with E-state index >= 15 is 0 Å². The Morgan fingerprint density at radius 3 is 2.69 bits per heavy atom. The molecule has 0 spiro atoms. The maximum absolute atomic E-state index is 8.73. The van der Waals surface area contributed by atoms with E-state index in [2.05, 4.69) is 6.07 Å².